The number of aromatic nitrogens is 2. The molecule has 0 unspecified atom stereocenters. The second-order valence-corrected chi connectivity index (χ2v) is 4.90. The molecule has 8 heteroatoms. The second kappa shape index (κ2) is 6.97. The molecule has 0 amide bonds. The van der Waals surface area contributed by atoms with Crippen LogP contribution >= 0.6 is 11.8 Å². The quantitative estimate of drug-likeness (QED) is 0.369. The molecule has 0 bridgehead atoms. The number of nitro groups is 1. The maximum atomic E-state index is 10.9. The molecule has 0 N–H and O–H groups in total. The number of hydrogen-bond donors (Lipinski definition) is 0. The molecular formula is C14H7N5O2S. The van der Waals surface area contributed by atoms with Gasteiger partial charge in [0, 0.05) is 29.4 Å². The van der Waals surface area contributed by atoms with Crippen molar-refractivity contribution < 1.29 is 4.92 Å². The van der Waals surface area contributed by atoms with Gasteiger partial charge in [-0.25, -0.2) is 9.97 Å². The Hall–Kier alpha value is -3.23. The fraction of sp³-hybridized carbons (Fsp3) is 0. The lowest BCUT2D eigenvalue weighted by Crippen LogP contribution is -1.91. The van der Waals surface area contributed by atoms with E-state index in [4.69, 9.17) is 10.5 Å². The Balaban J connectivity index is 2.49. The molecule has 2 aromatic rings. The van der Waals surface area contributed by atoms with Crippen molar-refractivity contribution in [2.24, 2.45) is 0 Å². The third-order valence-electron chi connectivity index (χ3n) is 2.49. The van der Waals surface area contributed by atoms with E-state index in [-0.39, 0.29) is 11.3 Å². The minimum Gasteiger partial charge on any atom is -0.258 e. The van der Waals surface area contributed by atoms with Gasteiger partial charge in [-0.3, -0.25) is 10.1 Å². The Bertz CT molecular complexity index is 805. The van der Waals surface area contributed by atoms with E-state index in [1.165, 1.54) is 36.0 Å². The van der Waals surface area contributed by atoms with E-state index in [1.807, 2.05) is 0 Å². The average Bonchev–Trinajstić information content (AvgIpc) is 2.54. The molecule has 0 atom stereocenters. The van der Waals surface area contributed by atoms with E-state index in [0.29, 0.717) is 15.6 Å². The van der Waals surface area contributed by atoms with Crippen molar-refractivity contribution in [2.75, 3.05) is 0 Å². The molecule has 0 radical (unpaired) electrons. The van der Waals surface area contributed by atoms with Crippen molar-refractivity contribution in [1.82, 2.24) is 9.97 Å². The third kappa shape index (κ3) is 3.66. The fourth-order valence-corrected chi connectivity index (χ4v) is 2.33. The topological polar surface area (TPSA) is 116 Å². The Morgan fingerprint density at radius 2 is 1.95 bits per heavy atom. The Morgan fingerprint density at radius 3 is 2.55 bits per heavy atom. The zero-order valence-corrected chi connectivity index (χ0v) is 11.8. The van der Waals surface area contributed by atoms with Gasteiger partial charge >= 0.3 is 0 Å². The van der Waals surface area contributed by atoms with Gasteiger partial charge in [-0.1, -0.05) is 0 Å². The van der Waals surface area contributed by atoms with E-state index >= 15 is 0 Å². The first kappa shape index (κ1) is 15.2. The highest BCUT2D eigenvalue weighted by Crippen LogP contribution is 2.31. The Kier molecular flexibility index (Phi) is 4.81. The third-order valence-corrected chi connectivity index (χ3v) is 3.47. The molecule has 0 spiro atoms. The Morgan fingerprint density at radius 1 is 1.27 bits per heavy atom. The summed E-state index contributed by atoms with van der Waals surface area (Å²) in [6.07, 6.45) is 4.46. The van der Waals surface area contributed by atoms with Crippen LogP contribution in [0, 0.1) is 32.8 Å². The van der Waals surface area contributed by atoms with Crippen LogP contribution in [0.15, 0.2) is 52.3 Å². The molecule has 0 aliphatic heterocycles. The molecule has 1 aromatic carbocycles. The van der Waals surface area contributed by atoms with Crippen LogP contribution in [0.5, 0.6) is 0 Å². The lowest BCUT2D eigenvalue weighted by Gasteiger charge is -2.04. The molecule has 2 rings (SSSR count). The minimum absolute atomic E-state index is 0.125. The highest BCUT2D eigenvalue weighted by atomic mass is 32.2. The summed E-state index contributed by atoms with van der Waals surface area (Å²) in [5.74, 6) is 0. The lowest BCUT2D eigenvalue weighted by molar-refractivity contribution is -0.384. The number of hydrogen-bond acceptors (Lipinski definition) is 7. The van der Waals surface area contributed by atoms with E-state index < -0.39 is 4.92 Å². The van der Waals surface area contributed by atoms with Gasteiger partial charge in [0.25, 0.3) is 5.69 Å². The van der Waals surface area contributed by atoms with Gasteiger partial charge in [0.1, 0.15) is 17.7 Å². The number of nitrogens with zero attached hydrogens (tertiary/aromatic N) is 5. The maximum absolute atomic E-state index is 10.9. The van der Waals surface area contributed by atoms with Crippen LogP contribution in [0.25, 0.3) is 6.08 Å². The van der Waals surface area contributed by atoms with Gasteiger partial charge in [-0.2, -0.15) is 10.5 Å². The summed E-state index contributed by atoms with van der Waals surface area (Å²) < 4.78 is 0. The summed E-state index contributed by atoms with van der Waals surface area (Å²) in [6, 6.07) is 9.32. The van der Waals surface area contributed by atoms with Crippen molar-refractivity contribution in [2.45, 2.75) is 10.1 Å². The standard InChI is InChI=1S/C14H7N5O2S/c15-8-10(9-16)6-11-7-12(19(20)21)2-3-13(11)22-14-17-4-1-5-18-14/h1-7H. The zero-order valence-electron chi connectivity index (χ0n) is 11.0. The fourth-order valence-electron chi connectivity index (χ4n) is 1.54. The number of nitriles is 2. The Labute approximate surface area is 129 Å². The monoisotopic (exact) mass is 309 g/mol. The first-order valence-corrected chi connectivity index (χ1v) is 6.71. The molecule has 106 valence electrons. The number of allylic oxidation sites excluding steroid dienone is 1. The van der Waals surface area contributed by atoms with Crippen molar-refractivity contribution in [3.05, 3.63) is 57.9 Å². The molecule has 22 heavy (non-hydrogen) atoms. The molecule has 0 aliphatic rings. The predicted molar refractivity (Wildman–Crippen MR) is 78.5 cm³/mol. The molecule has 1 aromatic heterocycles. The van der Waals surface area contributed by atoms with Crippen LogP contribution in [0.2, 0.25) is 0 Å². The van der Waals surface area contributed by atoms with E-state index in [0.717, 1.165) is 0 Å². The van der Waals surface area contributed by atoms with Crippen LogP contribution in [0.3, 0.4) is 0 Å². The van der Waals surface area contributed by atoms with E-state index in [2.05, 4.69) is 9.97 Å². The molecule has 0 saturated carbocycles. The summed E-state index contributed by atoms with van der Waals surface area (Å²) in [7, 11) is 0. The zero-order chi connectivity index (χ0) is 15.9. The van der Waals surface area contributed by atoms with Gasteiger partial charge in [0.15, 0.2) is 5.16 Å². The van der Waals surface area contributed by atoms with Crippen LogP contribution in [-0.2, 0) is 0 Å². The molecule has 1 heterocycles. The van der Waals surface area contributed by atoms with E-state index in [9.17, 15) is 10.1 Å². The van der Waals surface area contributed by atoms with Gasteiger partial charge in [-0.15, -0.1) is 0 Å². The normalized spacial score (nSPS) is 9.36. The summed E-state index contributed by atoms with van der Waals surface area (Å²) >= 11 is 1.19. The number of benzene rings is 1. The lowest BCUT2D eigenvalue weighted by atomic mass is 10.1. The van der Waals surface area contributed by atoms with Gasteiger partial charge in [0.05, 0.1) is 4.92 Å². The van der Waals surface area contributed by atoms with Crippen molar-refractivity contribution >= 4 is 23.5 Å². The second-order valence-electron chi connectivity index (χ2n) is 3.89. The van der Waals surface area contributed by atoms with Crippen molar-refractivity contribution in [3.63, 3.8) is 0 Å². The molecular weight excluding hydrogens is 302 g/mol. The molecule has 0 aliphatic carbocycles. The minimum atomic E-state index is -0.538. The van der Waals surface area contributed by atoms with Crippen LogP contribution in [-0.4, -0.2) is 14.9 Å². The molecule has 7 nitrogen and oxygen atoms in total. The van der Waals surface area contributed by atoms with Crippen LogP contribution in [0.4, 0.5) is 5.69 Å². The smallest absolute Gasteiger partial charge is 0.258 e. The highest BCUT2D eigenvalue weighted by molar-refractivity contribution is 7.99. The van der Waals surface area contributed by atoms with Crippen LogP contribution < -0.4 is 0 Å². The number of nitro benzene ring substituents is 1. The van der Waals surface area contributed by atoms with E-state index in [1.54, 1.807) is 30.6 Å². The maximum Gasteiger partial charge on any atom is 0.270 e. The van der Waals surface area contributed by atoms with Crippen molar-refractivity contribution in [1.29, 1.82) is 10.5 Å². The van der Waals surface area contributed by atoms with Gasteiger partial charge < -0.3 is 0 Å². The largest absolute Gasteiger partial charge is 0.270 e. The average molecular weight is 309 g/mol. The summed E-state index contributed by atoms with van der Waals surface area (Å²) in [5.41, 5.74) is 0.126. The first-order chi connectivity index (χ1) is 10.6. The number of rotatable bonds is 4. The summed E-state index contributed by atoms with van der Waals surface area (Å²) in [5, 5.41) is 29.0. The van der Waals surface area contributed by atoms with Gasteiger partial charge in [0.2, 0.25) is 0 Å². The SMILES string of the molecule is N#CC(C#N)=Cc1cc([N+](=O)[O-])ccc1Sc1ncccn1. The molecule has 0 saturated heterocycles. The summed E-state index contributed by atoms with van der Waals surface area (Å²) in [6.45, 7) is 0. The highest BCUT2D eigenvalue weighted by Gasteiger charge is 2.12. The van der Waals surface area contributed by atoms with Crippen LogP contribution in [0.1, 0.15) is 5.56 Å². The number of non-ortho nitro benzene ring substituents is 1. The predicted octanol–water partition coefficient (Wildman–Crippen LogP) is 2.97. The first-order valence-electron chi connectivity index (χ1n) is 5.89. The molecule has 0 fully saturated rings. The van der Waals surface area contributed by atoms with Gasteiger partial charge in [-0.05, 0) is 35.5 Å². The van der Waals surface area contributed by atoms with Crippen molar-refractivity contribution in [3.8, 4) is 12.1 Å². The summed E-state index contributed by atoms with van der Waals surface area (Å²) in [4.78, 5) is 19.1.